The van der Waals surface area contributed by atoms with Gasteiger partial charge in [0.1, 0.15) is 11.9 Å². The van der Waals surface area contributed by atoms with Gasteiger partial charge in [-0.1, -0.05) is 20.8 Å². The van der Waals surface area contributed by atoms with Crippen LogP contribution in [0.5, 0.6) is 0 Å². The lowest BCUT2D eigenvalue weighted by Gasteiger charge is -2.29. The maximum atomic E-state index is 12.2. The van der Waals surface area contributed by atoms with Gasteiger partial charge < -0.3 is 4.74 Å². The van der Waals surface area contributed by atoms with Gasteiger partial charge in [0.2, 0.25) is 0 Å². The molecule has 0 N–H and O–H groups in total. The van der Waals surface area contributed by atoms with E-state index in [9.17, 15) is 9.59 Å². The van der Waals surface area contributed by atoms with Crippen molar-refractivity contribution in [2.75, 3.05) is 0 Å². The highest BCUT2D eigenvalue weighted by atomic mass is 16.6. The molecule has 0 radical (unpaired) electrons. The Hall–Kier alpha value is -0.860. The van der Waals surface area contributed by atoms with Crippen molar-refractivity contribution in [2.45, 2.75) is 59.0 Å². The van der Waals surface area contributed by atoms with Gasteiger partial charge in [0.05, 0.1) is 5.92 Å². The molecule has 0 aromatic carbocycles. The Kier molecular flexibility index (Phi) is 3.28. The summed E-state index contributed by atoms with van der Waals surface area (Å²) in [5, 5.41) is 0. The highest BCUT2D eigenvalue weighted by molar-refractivity contribution is 5.84. The monoisotopic (exact) mass is 238 g/mol. The molecule has 1 aliphatic carbocycles. The van der Waals surface area contributed by atoms with E-state index in [0.29, 0.717) is 12.2 Å². The summed E-state index contributed by atoms with van der Waals surface area (Å²) in [6, 6.07) is 0. The maximum absolute atomic E-state index is 12.2. The van der Waals surface area contributed by atoms with Crippen LogP contribution in [-0.2, 0) is 14.3 Å². The molecule has 2 rings (SSSR count). The van der Waals surface area contributed by atoms with Crippen LogP contribution >= 0.6 is 0 Å². The number of esters is 1. The third-order valence-electron chi connectivity index (χ3n) is 4.62. The average molecular weight is 238 g/mol. The molecule has 1 aliphatic heterocycles. The van der Waals surface area contributed by atoms with Crippen molar-refractivity contribution in [1.82, 2.24) is 0 Å². The van der Waals surface area contributed by atoms with Crippen LogP contribution in [0.2, 0.25) is 0 Å². The van der Waals surface area contributed by atoms with Gasteiger partial charge in [0.15, 0.2) is 0 Å². The number of rotatable bonds is 4. The standard InChI is InChI=1S/C14H22O3/c1-4-14(2,3)12(15)8-9-5-6-10-7-11(9)17-13(10)16/h9-11H,4-8H2,1-3H3. The van der Waals surface area contributed by atoms with Gasteiger partial charge in [0, 0.05) is 17.8 Å². The number of hydrogen-bond acceptors (Lipinski definition) is 3. The van der Waals surface area contributed by atoms with Crippen LogP contribution in [0.4, 0.5) is 0 Å². The van der Waals surface area contributed by atoms with Crippen molar-refractivity contribution in [3.63, 3.8) is 0 Å². The lowest BCUT2D eigenvalue weighted by atomic mass is 9.75. The molecule has 0 amide bonds. The summed E-state index contributed by atoms with van der Waals surface area (Å²) in [6.45, 7) is 6.05. The van der Waals surface area contributed by atoms with Crippen molar-refractivity contribution in [1.29, 1.82) is 0 Å². The first kappa shape index (κ1) is 12.6. The van der Waals surface area contributed by atoms with E-state index in [1.54, 1.807) is 0 Å². The van der Waals surface area contributed by atoms with E-state index in [1.807, 2.05) is 20.8 Å². The minimum absolute atomic E-state index is 0.0119. The quantitative estimate of drug-likeness (QED) is 0.707. The molecule has 0 spiro atoms. The van der Waals surface area contributed by atoms with Crippen LogP contribution in [0.1, 0.15) is 52.9 Å². The molecule has 2 fully saturated rings. The van der Waals surface area contributed by atoms with E-state index in [1.165, 1.54) is 0 Å². The zero-order valence-corrected chi connectivity index (χ0v) is 11.0. The zero-order chi connectivity index (χ0) is 12.6. The zero-order valence-electron chi connectivity index (χ0n) is 11.0. The van der Waals surface area contributed by atoms with Crippen LogP contribution in [0.3, 0.4) is 0 Å². The van der Waals surface area contributed by atoms with Crippen molar-refractivity contribution in [3.05, 3.63) is 0 Å². The van der Waals surface area contributed by atoms with Crippen LogP contribution in [0.15, 0.2) is 0 Å². The first-order chi connectivity index (χ1) is 7.94. The van der Waals surface area contributed by atoms with Gasteiger partial charge in [0.25, 0.3) is 0 Å². The summed E-state index contributed by atoms with van der Waals surface area (Å²) in [4.78, 5) is 23.6. The lowest BCUT2D eigenvalue weighted by molar-refractivity contribution is -0.145. The molecule has 2 aliphatic rings. The Morgan fingerprint density at radius 2 is 2.12 bits per heavy atom. The molecule has 1 heterocycles. The van der Waals surface area contributed by atoms with E-state index in [4.69, 9.17) is 4.74 Å². The summed E-state index contributed by atoms with van der Waals surface area (Å²) in [5.74, 6) is 0.646. The minimum atomic E-state index is -0.237. The Labute approximate surface area is 103 Å². The molecule has 17 heavy (non-hydrogen) atoms. The molecule has 0 aromatic rings. The van der Waals surface area contributed by atoms with E-state index in [2.05, 4.69) is 0 Å². The van der Waals surface area contributed by atoms with Crippen molar-refractivity contribution < 1.29 is 14.3 Å². The Morgan fingerprint density at radius 1 is 1.41 bits per heavy atom. The summed E-state index contributed by atoms with van der Waals surface area (Å²) < 4.78 is 5.35. The maximum Gasteiger partial charge on any atom is 0.309 e. The van der Waals surface area contributed by atoms with Crippen molar-refractivity contribution in [3.8, 4) is 0 Å². The number of carbonyl (C=O) groups is 2. The first-order valence-electron chi connectivity index (χ1n) is 6.68. The normalized spacial score (nSPS) is 32.4. The fraction of sp³-hybridized carbons (Fsp3) is 0.857. The molecule has 3 nitrogen and oxygen atoms in total. The van der Waals surface area contributed by atoms with Gasteiger partial charge in [-0.3, -0.25) is 9.59 Å². The highest BCUT2D eigenvalue weighted by Gasteiger charge is 2.44. The molecule has 3 unspecified atom stereocenters. The van der Waals surface area contributed by atoms with Crippen LogP contribution in [0.25, 0.3) is 0 Å². The van der Waals surface area contributed by atoms with Gasteiger partial charge in [-0.2, -0.15) is 0 Å². The molecule has 1 saturated heterocycles. The fourth-order valence-electron chi connectivity index (χ4n) is 2.74. The summed E-state index contributed by atoms with van der Waals surface area (Å²) in [6.07, 6.45) is 4.16. The second-order valence-corrected chi connectivity index (χ2v) is 6.11. The second-order valence-electron chi connectivity index (χ2n) is 6.11. The third kappa shape index (κ3) is 2.38. The predicted octanol–water partition coefficient (Wildman–Crippen LogP) is 2.72. The highest BCUT2D eigenvalue weighted by Crippen LogP contribution is 2.40. The SMILES string of the molecule is CCC(C)(C)C(=O)CC1CCC2CC1OC2=O. The molecule has 0 aromatic heterocycles. The number of hydrogen-bond donors (Lipinski definition) is 0. The molecule has 2 bridgehead atoms. The molecular weight excluding hydrogens is 216 g/mol. The van der Waals surface area contributed by atoms with E-state index in [0.717, 1.165) is 25.7 Å². The Balaban J connectivity index is 1.96. The first-order valence-corrected chi connectivity index (χ1v) is 6.68. The van der Waals surface area contributed by atoms with Gasteiger partial charge in [-0.15, -0.1) is 0 Å². The average Bonchev–Trinajstić information content (AvgIpc) is 2.59. The predicted molar refractivity (Wildman–Crippen MR) is 64.4 cm³/mol. The van der Waals surface area contributed by atoms with E-state index in [-0.39, 0.29) is 29.3 Å². The summed E-state index contributed by atoms with van der Waals surface area (Å²) in [7, 11) is 0. The van der Waals surface area contributed by atoms with Gasteiger partial charge >= 0.3 is 5.97 Å². The fourth-order valence-corrected chi connectivity index (χ4v) is 2.74. The van der Waals surface area contributed by atoms with Crippen molar-refractivity contribution >= 4 is 11.8 Å². The molecule has 96 valence electrons. The molecular formula is C14H22O3. The van der Waals surface area contributed by atoms with Crippen molar-refractivity contribution in [2.24, 2.45) is 17.3 Å². The van der Waals surface area contributed by atoms with E-state index >= 15 is 0 Å². The summed E-state index contributed by atoms with van der Waals surface area (Å²) in [5.41, 5.74) is -0.237. The van der Waals surface area contributed by atoms with E-state index < -0.39 is 0 Å². The Morgan fingerprint density at radius 3 is 2.76 bits per heavy atom. The van der Waals surface area contributed by atoms with Crippen LogP contribution < -0.4 is 0 Å². The topological polar surface area (TPSA) is 43.4 Å². The molecule has 3 heteroatoms. The lowest BCUT2D eigenvalue weighted by Crippen LogP contribution is -2.31. The third-order valence-corrected chi connectivity index (χ3v) is 4.62. The van der Waals surface area contributed by atoms with Crippen LogP contribution in [-0.4, -0.2) is 17.9 Å². The number of ether oxygens (including phenoxy) is 1. The number of carbonyl (C=O) groups excluding carboxylic acids is 2. The number of Topliss-reactive ketones (excluding diaryl/α,β-unsaturated/α-hetero) is 1. The minimum Gasteiger partial charge on any atom is -0.462 e. The van der Waals surface area contributed by atoms with Gasteiger partial charge in [-0.25, -0.2) is 0 Å². The Bertz CT molecular complexity index is 332. The number of ketones is 1. The smallest absolute Gasteiger partial charge is 0.309 e. The van der Waals surface area contributed by atoms with Gasteiger partial charge in [-0.05, 0) is 25.7 Å². The van der Waals surface area contributed by atoms with Crippen LogP contribution in [0, 0.1) is 17.3 Å². The number of fused-ring (bicyclic) bond motifs is 2. The summed E-state index contributed by atoms with van der Waals surface area (Å²) >= 11 is 0. The largest absolute Gasteiger partial charge is 0.462 e. The second kappa shape index (κ2) is 4.43. The molecule has 1 saturated carbocycles. The molecule has 3 atom stereocenters.